The fraction of sp³-hybridized carbons (Fsp3) is 0.524. The number of primary amides is 1. The van der Waals surface area contributed by atoms with Crippen LogP contribution < -0.4 is 11.5 Å². The van der Waals surface area contributed by atoms with Gasteiger partial charge < -0.3 is 21.3 Å². The molecular formula is C21H26N6O3. The number of likely N-dealkylation sites (tertiary alicyclic amines) is 3. The largest absolute Gasteiger partial charge is 0.366 e. The minimum Gasteiger partial charge on any atom is -0.366 e. The second-order valence-electron chi connectivity index (χ2n) is 8.32. The molecule has 0 radical (unpaired) electrons. The van der Waals surface area contributed by atoms with Gasteiger partial charge >= 0.3 is 0 Å². The first kappa shape index (κ1) is 20.3. The van der Waals surface area contributed by atoms with Crippen LogP contribution in [0, 0.1) is 11.3 Å². The van der Waals surface area contributed by atoms with Gasteiger partial charge in [0.25, 0.3) is 0 Å². The van der Waals surface area contributed by atoms with Crippen molar-refractivity contribution in [3.05, 3.63) is 35.4 Å². The molecule has 3 saturated heterocycles. The van der Waals surface area contributed by atoms with Crippen LogP contribution in [0.15, 0.2) is 24.3 Å². The van der Waals surface area contributed by atoms with Crippen molar-refractivity contribution in [1.29, 1.82) is 5.26 Å². The number of nitrogens with two attached hydrogens (primary N) is 2. The Labute approximate surface area is 175 Å². The fourth-order valence-corrected chi connectivity index (χ4v) is 4.87. The van der Waals surface area contributed by atoms with E-state index in [1.165, 1.54) is 0 Å². The zero-order chi connectivity index (χ0) is 21.4. The van der Waals surface area contributed by atoms with Crippen molar-refractivity contribution >= 4 is 17.7 Å². The Kier molecular flexibility index (Phi) is 5.45. The number of carbonyl (C=O) groups excluding carboxylic acids is 3. The molecule has 0 aromatic heterocycles. The van der Waals surface area contributed by atoms with Crippen LogP contribution in [0.3, 0.4) is 0 Å². The smallest absolute Gasteiger partial charge is 0.248 e. The summed E-state index contributed by atoms with van der Waals surface area (Å²) >= 11 is 0. The third-order valence-electron chi connectivity index (χ3n) is 6.39. The van der Waals surface area contributed by atoms with Gasteiger partial charge in [-0.1, -0.05) is 12.1 Å². The maximum atomic E-state index is 12.9. The van der Waals surface area contributed by atoms with Crippen molar-refractivity contribution in [2.24, 2.45) is 11.5 Å². The van der Waals surface area contributed by atoms with Crippen LogP contribution in [-0.2, 0) is 16.1 Å². The van der Waals surface area contributed by atoms with Gasteiger partial charge in [-0.3, -0.25) is 19.3 Å². The highest BCUT2D eigenvalue weighted by Crippen LogP contribution is 2.33. The Bertz CT molecular complexity index is 912. The minimum atomic E-state index is -0.744. The first-order chi connectivity index (χ1) is 14.4. The summed E-state index contributed by atoms with van der Waals surface area (Å²) in [6.07, 6.45) is 2.21. The number of amides is 3. The quantitative estimate of drug-likeness (QED) is 0.643. The normalized spacial score (nSPS) is 26.8. The number of nitrogens with zero attached hydrogens (tertiary/aromatic N) is 4. The highest BCUT2D eigenvalue weighted by Gasteiger charge is 2.50. The molecule has 3 aliphatic rings. The number of rotatable bonds is 6. The van der Waals surface area contributed by atoms with Crippen LogP contribution in [0.25, 0.3) is 0 Å². The fourth-order valence-electron chi connectivity index (χ4n) is 4.87. The molecule has 4 N–H and O–H groups in total. The molecule has 3 heterocycles. The van der Waals surface area contributed by atoms with E-state index in [2.05, 4.69) is 6.07 Å². The van der Waals surface area contributed by atoms with Gasteiger partial charge in [0.05, 0.1) is 18.2 Å². The summed E-state index contributed by atoms with van der Waals surface area (Å²) in [5, 5.41) is 9.20. The second-order valence-corrected chi connectivity index (χ2v) is 8.32. The Morgan fingerprint density at radius 3 is 2.83 bits per heavy atom. The third-order valence-corrected chi connectivity index (χ3v) is 6.39. The van der Waals surface area contributed by atoms with Crippen molar-refractivity contribution in [3.8, 4) is 6.07 Å². The molecule has 1 aromatic carbocycles. The van der Waals surface area contributed by atoms with Crippen LogP contribution in [-0.4, -0.2) is 76.2 Å². The van der Waals surface area contributed by atoms with Crippen LogP contribution in [0.2, 0.25) is 0 Å². The number of benzene rings is 1. The van der Waals surface area contributed by atoms with E-state index in [0.717, 1.165) is 12.0 Å². The summed E-state index contributed by atoms with van der Waals surface area (Å²) in [6.45, 7) is 1.96. The standard InChI is InChI=1S/C21H26N6O3/c22-9-15-5-2-6-26(15)20(29)17(23)12-25-11-16-8-18(25)21(30)27(16)10-13-3-1-4-14(7-13)19(24)28/h1,3-4,7,15-18H,2,5-6,8,10-12,23H2,(H2,24,28)/t15-,16?,17-,18-/m0/s1. The van der Waals surface area contributed by atoms with Gasteiger partial charge in [-0.25, -0.2) is 0 Å². The summed E-state index contributed by atoms with van der Waals surface area (Å²) in [4.78, 5) is 42.4. The molecule has 0 aliphatic carbocycles. The molecular weight excluding hydrogens is 384 g/mol. The highest BCUT2D eigenvalue weighted by molar-refractivity contribution is 5.93. The molecule has 0 saturated carbocycles. The lowest BCUT2D eigenvalue weighted by Crippen LogP contribution is -2.56. The number of hydrogen-bond acceptors (Lipinski definition) is 6. The molecule has 1 aromatic rings. The van der Waals surface area contributed by atoms with Crippen LogP contribution in [0.4, 0.5) is 0 Å². The van der Waals surface area contributed by atoms with E-state index in [1.807, 2.05) is 15.9 Å². The van der Waals surface area contributed by atoms with E-state index in [4.69, 9.17) is 11.5 Å². The zero-order valence-corrected chi connectivity index (χ0v) is 16.7. The van der Waals surface area contributed by atoms with E-state index in [1.54, 1.807) is 23.1 Å². The third kappa shape index (κ3) is 3.64. The maximum absolute atomic E-state index is 12.9. The summed E-state index contributed by atoms with van der Waals surface area (Å²) in [6, 6.07) is 7.81. The lowest BCUT2D eigenvalue weighted by atomic mass is 10.1. The van der Waals surface area contributed by atoms with Gasteiger partial charge in [0, 0.05) is 37.8 Å². The zero-order valence-electron chi connectivity index (χ0n) is 16.7. The average Bonchev–Trinajstić information content (AvgIpc) is 3.44. The molecule has 9 nitrogen and oxygen atoms in total. The predicted molar refractivity (Wildman–Crippen MR) is 108 cm³/mol. The number of carbonyl (C=O) groups is 3. The van der Waals surface area contributed by atoms with Gasteiger partial charge in [0.2, 0.25) is 17.7 Å². The van der Waals surface area contributed by atoms with Gasteiger partial charge in [-0.05, 0) is 37.0 Å². The molecule has 9 heteroatoms. The molecule has 0 spiro atoms. The summed E-state index contributed by atoms with van der Waals surface area (Å²) in [5.41, 5.74) is 12.8. The lowest BCUT2D eigenvalue weighted by molar-refractivity contribution is -0.139. The first-order valence-electron chi connectivity index (χ1n) is 10.3. The topological polar surface area (TPSA) is 137 Å². The van der Waals surface area contributed by atoms with Gasteiger partial charge in [-0.2, -0.15) is 5.26 Å². The molecule has 4 rings (SSSR count). The van der Waals surface area contributed by atoms with E-state index < -0.39 is 18.0 Å². The Hall–Kier alpha value is -2.96. The number of nitriles is 1. The average molecular weight is 410 g/mol. The van der Waals surface area contributed by atoms with E-state index in [0.29, 0.717) is 44.6 Å². The maximum Gasteiger partial charge on any atom is 0.248 e. The van der Waals surface area contributed by atoms with Gasteiger partial charge in [0.15, 0.2) is 0 Å². The number of fused-ring (bicyclic) bond motifs is 2. The summed E-state index contributed by atoms with van der Waals surface area (Å²) in [5.74, 6) is -0.687. The van der Waals surface area contributed by atoms with Crippen molar-refractivity contribution in [3.63, 3.8) is 0 Å². The Morgan fingerprint density at radius 2 is 2.13 bits per heavy atom. The van der Waals surface area contributed by atoms with Crippen LogP contribution in [0.1, 0.15) is 35.2 Å². The predicted octanol–water partition coefficient (Wildman–Crippen LogP) is -0.588. The number of hydrogen-bond donors (Lipinski definition) is 2. The van der Waals surface area contributed by atoms with E-state index in [-0.39, 0.29) is 23.9 Å². The van der Waals surface area contributed by atoms with Crippen molar-refractivity contribution in [2.75, 3.05) is 19.6 Å². The summed E-state index contributed by atoms with van der Waals surface area (Å²) in [7, 11) is 0. The highest BCUT2D eigenvalue weighted by atomic mass is 16.2. The van der Waals surface area contributed by atoms with Gasteiger partial charge in [-0.15, -0.1) is 0 Å². The second kappa shape index (κ2) is 8.05. The molecule has 2 bridgehead atoms. The number of piperazine rings is 1. The summed E-state index contributed by atoms with van der Waals surface area (Å²) < 4.78 is 0. The molecule has 30 heavy (non-hydrogen) atoms. The van der Waals surface area contributed by atoms with E-state index in [9.17, 15) is 19.6 Å². The van der Waals surface area contributed by atoms with E-state index >= 15 is 0 Å². The molecule has 4 atom stereocenters. The molecule has 3 fully saturated rings. The van der Waals surface area contributed by atoms with Crippen LogP contribution in [0.5, 0.6) is 0 Å². The van der Waals surface area contributed by atoms with Crippen molar-refractivity contribution in [2.45, 2.75) is 50.0 Å². The first-order valence-corrected chi connectivity index (χ1v) is 10.3. The van der Waals surface area contributed by atoms with Crippen molar-refractivity contribution in [1.82, 2.24) is 14.7 Å². The molecule has 1 unspecified atom stereocenters. The molecule has 3 amide bonds. The SMILES string of the molecule is N#C[C@@H]1CCCN1C(=O)[C@@H](N)CN1CC2C[C@H]1C(=O)N2Cc1cccc(C(N)=O)c1. The minimum absolute atomic E-state index is 0.0199. The Balaban J connectivity index is 1.37. The monoisotopic (exact) mass is 410 g/mol. The molecule has 158 valence electrons. The van der Waals surface area contributed by atoms with Gasteiger partial charge in [0.1, 0.15) is 6.04 Å². The van der Waals surface area contributed by atoms with Crippen LogP contribution >= 0.6 is 0 Å². The lowest BCUT2D eigenvalue weighted by Gasteiger charge is -2.35. The van der Waals surface area contributed by atoms with Crippen molar-refractivity contribution < 1.29 is 14.4 Å². The Morgan fingerprint density at radius 1 is 1.33 bits per heavy atom. The molecule has 3 aliphatic heterocycles.